The summed E-state index contributed by atoms with van der Waals surface area (Å²) in [7, 11) is 0. The highest BCUT2D eigenvalue weighted by atomic mass is 32.1. The van der Waals surface area contributed by atoms with E-state index >= 15 is 0 Å². The summed E-state index contributed by atoms with van der Waals surface area (Å²) in [6, 6.07) is 0. The van der Waals surface area contributed by atoms with Gasteiger partial charge in [-0.15, -0.1) is 11.3 Å². The molecule has 2 aromatic heterocycles. The summed E-state index contributed by atoms with van der Waals surface area (Å²) in [6.45, 7) is 5.64. The lowest BCUT2D eigenvalue weighted by Crippen LogP contribution is -2.34. The number of aliphatic hydroxyl groups is 1. The molecule has 3 rings (SSSR count). The summed E-state index contributed by atoms with van der Waals surface area (Å²) in [5, 5.41) is 16.3. The number of aliphatic hydroxyl groups excluding tert-OH is 1. The van der Waals surface area contributed by atoms with Crippen LogP contribution in [0.2, 0.25) is 0 Å². The molecular weight excluding hydrogens is 328 g/mol. The number of nitrogens with one attached hydrogen (secondary N) is 3. The van der Waals surface area contributed by atoms with Gasteiger partial charge in [-0.25, -0.2) is 4.98 Å². The third-order valence-corrected chi connectivity index (χ3v) is 5.64. The second-order valence-corrected chi connectivity index (χ2v) is 7.47. The van der Waals surface area contributed by atoms with Crippen molar-refractivity contribution in [3.63, 3.8) is 0 Å². The molecule has 1 aliphatic rings. The minimum absolute atomic E-state index is 0.0558. The molecule has 0 aliphatic carbocycles. The minimum atomic E-state index is -0.406. The van der Waals surface area contributed by atoms with E-state index in [9.17, 15) is 14.7 Å². The third kappa shape index (κ3) is 3.50. The molecule has 1 fully saturated rings. The average molecular weight is 350 g/mol. The van der Waals surface area contributed by atoms with Crippen molar-refractivity contribution in [2.24, 2.45) is 5.92 Å². The molecule has 7 nitrogen and oxygen atoms in total. The van der Waals surface area contributed by atoms with E-state index in [1.165, 1.54) is 11.3 Å². The maximum absolute atomic E-state index is 12.2. The highest BCUT2D eigenvalue weighted by Gasteiger charge is 2.24. The van der Waals surface area contributed by atoms with Crippen molar-refractivity contribution in [1.82, 2.24) is 20.6 Å². The number of carbonyl (C=O) groups is 1. The zero-order valence-electron chi connectivity index (χ0n) is 13.8. The number of β-amino-alcohol motifs (C(OH)–C–C–N with tert-alkyl or cyclic N) is 1. The van der Waals surface area contributed by atoms with Crippen LogP contribution >= 0.6 is 11.3 Å². The normalized spacial score (nSPS) is 20.6. The van der Waals surface area contributed by atoms with Gasteiger partial charge in [-0.2, -0.15) is 0 Å². The van der Waals surface area contributed by atoms with Crippen LogP contribution in [0.3, 0.4) is 0 Å². The lowest BCUT2D eigenvalue weighted by molar-refractivity contribution is -0.121. The van der Waals surface area contributed by atoms with Crippen LogP contribution in [0.15, 0.2) is 4.79 Å². The number of rotatable bonds is 5. The van der Waals surface area contributed by atoms with Crippen molar-refractivity contribution in [2.45, 2.75) is 32.8 Å². The van der Waals surface area contributed by atoms with E-state index in [2.05, 4.69) is 20.6 Å². The molecule has 2 atom stereocenters. The molecule has 0 bridgehead atoms. The molecule has 3 heterocycles. The Bertz CT molecular complexity index is 813. The molecule has 0 spiro atoms. The lowest BCUT2D eigenvalue weighted by atomic mass is 10.1. The van der Waals surface area contributed by atoms with E-state index in [4.69, 9.17) is 0 Å². The Hall–Kier alpha value is -1.77. The zero-order valence-corrected chi connectivity index (χ0v) is 14.6. The summed E-state index contributed by atoms with van der Waals surface area (Å²) in [4.78, 5) is 33.2. The molecule has 1 saturated heterocycles. The van der Waals surface area contributed by atoms with Crippen LogP contribution in [-0.2, 0) is 11.2 Å². The van der Waals surface area contributed by atoms with Gasteiger partial charge in [0.15, 0.2) is 0 Å². The van der Waals surface area contributed by atoms with E-state index in [1.54, 1.807) is 0 Å². The number of nitrogens with zero attached hydrogens (tertiary/aromatic N) is 1. The summed E-state index contributed by atoms with van der Waals surface area (Å²) in [5.41, 5.74) is 0.828. The average Bonchev–Trinajstić information content (AvgIpc) is 3.07. The van der Waals surface area contributed by atoms with Gasteiger partial charge in [0.05, 0.1) is 11.5 Å². The number of thiophene rings is 1. The lowest BCUT2D eigenvalue weighted by Gasteiger charge is -2.13. The Morgan fingerprint density at radius 2 is 2.21 bits per heavy atom. The molecule has 8 heteroatoms. The molecule has 0 saturated carbocycles. The van der Waals surface area contributed by atoms with E-state index in [0.717, 1.165) is 15.3 Å². The first-order valence-corrected chi connectivity index (χ1v) is 8.91. The van der Waals surface area contributed by atoms with Gasteiger partial charge >= 0.3 is 0 Å². The second kappa shape index (κ2) is 7.00. The monoisotopic (exact) mass is 350 g/mol. The number of hydrogen-bond donors (Lipinski definition) is 4. The number of hydrogen-bond acceptors (Lipinski definition) is 6. The first kappa shape index (κ1) is 17.1. The molecule has 2 aromatic rings. The fourth-order valence-corrected chi connectivity index (χ4v) is 3.96. The summed E-state index contributed by atoms with van der Waals surface area (Å²) >= 11 is 1.50. The maximum Gasteiger partial charge on any atom is 0.259 e. The second-order valence-electron chi connectivity index (χ2n) is 6.27. The molecule has 130 valence electrons. The molecule has 2 unspecified atom stereocenters. The van der Waals surface area contributed by atoms with Crippen molar-refractivity contribution in [1.29, 1.82) is 0 Å². The molecular formula is C16H22N4O3S. The molecule has 4 N–H and O–H groups in total. The smallest absolute Gasteiger partial charge is 0.259 e. The van der Waals surface area contributed by atoms with E-state index < -0.39 is 6.10 Å². The van der Waals surface area contributed by atoms with Crippen molar-refractivity contribution in [3.8, 4) is 0 Å². The standard InChI is InChI=1S/C16H22N4O3S/c1-8-9(2)24-16-14(8)15(23)19-12(20-16)3-4-13(22)18-6-10-5-17-7-11(10)21/h10-11,17,21H,3-7H2,1-2H3,(H,18,22)(H,19,20,23). The van der Waals surface area contributed by atoms with E-state index in [0.29, 0.717) is 37.3 Å². The number of aromatic nitrogens is 2. The van der Waals surface area contributed by atoms with Crippen LogP contribution in [-0.4, -0.2) is 46.7 Å². The Kier molecular flexibility index (Phi) is 4.98. The van der Waals surface area contributed by atoms with Crippen LogP contribution in [0.25, 0.3) is 10.2 Å². The van der Waals surface area contributed by atoms with Gasteiger partial charge in [-0.1, -0.05) is 0 Å². The number of amides is 1. The van der Waals surface area contributed by atoms with Gasteiger partial charge in [0.25, 0.3) is 5.56 Å². The SMILES string of the molecule is Cc1sc2nc(CCC(=O)NCC3CNCC3O)[nH]c(=O)c2c1C. The van der Waals surface area contributed by atoms with Gasteiger partial charge in [0, 0.05) is 43.3 Å². The number of aromatic amines is 1. The number of H-pyrrole nitrogens is 1. The van der Waals surface area contributed by atoms with Crippen molar-refractivity contribution in [2.75, 3.05) is 19.6 Å². The van der Waals surface area contributed by atoms with Crippen LogP contribution in [0.1, 0.15) is 22.7 Å². The van der Waals surface area contributed by atoms with Crippen molar-refractivity contribution < 1.29 is 9.90 Å². The van der Waals surface area contributed by atoms with Crippen LogP contribution < -0.4 is 16.2 Å². The quantitative estimate of drug-likeness (QED) is 0.618. The molecule has 1 aliphatic heterocycles. The Morgan fingerprint density at radius 3 is 2.92 bits per heavy atom. The molecule has 0 aromatic carbocycles. The number of carbonyl (C=O) groups excluding carboxylic acids is 1. The topological polar surface area (TPSA) is 107 Å². The fraction of sp³-hybridized carbons (Fsp3) is 0.562. The Morgan fingerprint density at radius 1 is 1.42 bits per heavy atom. The van der Waals surface area contributed by atoms with Crippen LogP contribution in [0, 0.1) is 19.8 Å². The van der Waals surface area contributed by atoms with Crippen LogP contribution in [0.4, 0.5) is 0 Å². The number of aryl methyl sites for hydroxylation is 3. The summed E-state index contributed by atoms with van der Waals surface area (Å²) in [6.07, 6.45) is 0.239. The van der Waals surface area contributed by atoms with Crippen molar-refractivity contribution in [3.05, 3.63) is 26.6 Å². The summed E-state index contributed by atoms with van der Waals surface area (Å²) < 4.78 is 0. The van der Waals surface area contributed by atoms with Gasteiger partial charge in [0.2, 0.25) is 5.91 Å². The maximum atomic E-state index is 12.2. The Balaban J connectivity index is 1.59. The van der Waals surface area contributed by atoms with Crippen molar-refractivity contribution >= 4 is 27.5 Å². The molecule has 0 radical (unpaired) electrons. The first-order valence-electron chi connectivity index (χ1n) is 8.10. The highest BCUT2D eigenvalue weighted by Crippen LogP contribution is 2.25. The predicted molar refractivity (Wildman–Crippen MR) is 93.4 cm³/mol. The number of fused-ring (bicyclic) bond motifs is 1. The molecule has 1 amide bonds. The zero-order chi connectivity index (χ0) is 17.3. The van der Waals surface area contributed by atoms with Gasteiger partial charge < -0.3 is 20.7 Å². The highest BCUT2D eigenvalue weighted by molar-refractivity contribution is 7.18. The summed E-state index contributed by atoms with van der Waals surface area (Å²) in [5.74, 6) is 0.488. The first-order chi connectivity index (χ1) is 11.5. The van der Waals surface area contributed by atoms with Crippen LogP contribution in [0.5, 0.6) is 0 Å². The molecule has 24 heavy (non-hydrogen) atoms. The van der Waals surface area contributed by atoms with Gasteiger partial charge in [-0.3, -0.25) is 9.59 Å². The van der Waals surface area contributed by atoms with E-state index in [-0.39, 0.29) is 23.8 Å². The predicted octanol–water partition coefficient (Wildman–Crippen LogP) is 0.231. The minimum Gasteiger partial charge on any atom is -0.391 e. The third-order valence-electron chi connectivity index (χ3n) is 4.54. The van der Waals surface area contributed by atoms with E-state index in [1.807, 2.05) is 13.8 Å². The van der Waals surface area contributed by atoms with Gasteiger partial charge in [-0.05, 0) is 19.4 Å². The Labute approximate surface area is 143 Å². The largest absolute Gasteiger partial charge is 0.391 e. The fourth-order valence-electron chi connectivity index (χ4n) is 2.91. The van der Waals surface area contributed by atoms with Gasteiger partial charge in [0.1, 0.15) is 10.7 Å².